The molecule has 1 fully saturated rings. The first kappa shape index (κ1) is 19.9. The Kier molecular flexibility index (Phi) is 4.53. The number of nitrogens with zero attached hydrogens (tertiary/aromatic N) is 7. The third kappa shape index (κ3) is 2.96. The van der Waals surface area contributed by atoms with Gasteiger partial charge in [-0.15, -0.1) is 0 Å². The van der Waals surface area contributed by atoms with E-state index in [4.69, 9.17) is 4.74 Å². The fraction of sp³-hybridized carbons (Fsp3) is 0.333. The Morgan fingerprint density at radius 2 is 2.03 bits per heavy atom. The lowest BCUT2D eigenvalue weighted by atomic mass is 9.91. The second-order valence-electron chi connectivity index (χ2n) is 7.84. The molecule has 11 heteroatoms. The van der Waals surface area contributed by atoms with E-state index in [1.54, 1.807) is 25.5 Å². The first-order valence-electron chi connectivity index (χ1n) is 10.1. The Hall–Kier alpha value is -4.04. The molecule has 0 aliphatic carbocycles. The molecule has 0 spiro atoms. The average Bonchev–Trinajstić information content (AvgIpc) is 3.05. The summed E-state index contributed by atoms with van der Waals surface area (Å²) < 4.78 is 9.75. The summed E-state index contributed by atoms with van der Waals surface area (Å²) >= 11 is 0. The van der Waals surface area contributed by atoms with Crippen LogP contribution < -0.4 is 16.6 Å². The van der Waals surface area contributed by atoms with Crippen LogP contribution in [0.4, 0.5) is 11.6 Å². The van der Waals surface area contributed by atoms with Crippen LogP contribution in [0, 0.1) is 18.3 Å². The molecular weight excluding hydrogens is 412 g/mol. The summed E-state index contributed by atoms with van der Waals surface area (Å²) in [7, 11) is 1.63. The molecule has 5 rings (SSSR count). The van der Waals surface area contributed by atoms with Crippen molar-refractivity contribution >= 4 is 28.4 Å². The van der Waals surface area contributed by atoms with Gasteiger partial charge in [-0.1, -0.05) is 0 Å². The largest absolute Gasteiger partial charge is 0.381 e. The van der Waals surface area contributed by atoms with Crippen molar-refractivity contribution in [2.24, 2.45) is 7.05 Å². The van der Waals surface area contributed by atoms with Crippen LogP contribution in [0.5, 0.6) is 0 Å². The van der Waals surface area contributed by atoms with Crippen molar-refractivity contribution in [2.45, 2.75) is 25.3 Å². The monoisotopic (exact) mass is 432 g/mol. The number of hydrogen-bond acceptors (Lipinski definition) is 8. The molecule has 5 heterocycles. The summed E-state index contributed by atoms with van der Waals surface area (Å²) in [4.78, 5) is 38.4. The standard InChI is InChI=1S/C21H20N8O3/c1-13-9-16-23-6-3-17(30)28(16)11-14(13)25-19-24-10-15-18(26-19)29(20(31)27(15)2)21(12-22)4-7-32-8-5-21/h3,6,9-11H,4-5,7-8H2,1-2H3,(H,24,25,26). The molecular formula is C21H20N8O3. The first-order valence-corrected chi connectivity index (χ1v) is 10.1. The predicted octanol–water partition coefficient (Wildman–Crippen LogP) is 1.22. The van der Waals surface area contributed by atoms with Crippen molar-refractivity contribution in [3.63, 3.8) is 0 Å². The number of aryl methyl sites for hydroxylation is 2. The molecule has 4 aromatic rings. The fourth-order valence-electron chi connectivity index (χ4n) is 4.07. The predicted molar refractivity (Wildman–Crippen MR) is 116 cm³/mol. The van der Waals surface area contributed by atoms with Gasteiger partial charge >= 0.3 is 5.69 Å². The Bertz CT molecular complexity index is 1520. The Morgan fingerprint density at radius 3 is 2.78 bits per heavy atom. The van der Waals surface area contributed by atoms with Crippen molar-refractivity contribution < 1.29 is 4.74 Å². The summed E-state index contributed by atoms with van der Waals surface area (Å²) in [6.07, 6.45) is 5.46. The molecule has 32 heavy (non-hydrogen) atoms. The number of anilines is 2. The summed E-state index contributed by atoms with van der Waals surface area (Å²) in [6, 6.07) is 5.50. The van der Waals surface area contributed by atoms with E-state index in [0.29, 0.717) is 48.6 Å². The zero-order valence-corrected chi connectivity index (χ0v) is 17.6. The Morgan fingerprint density at radius 1 is 1.25 bits per heavy atom. The van der Waals surface area contributed by atoms with Gasteiger partial charge < -0.3 is 10.1 Å². The van der Waals surface area contributed by atoms with E-state index < -0.39 is 5.54 Å². The smallest absolute Gasteiger partial charge is 0.331 e. The van der Waals surface area contributed by atoms with Gasteiger partial charge in [0.2, 0.25) is 5.95 Å². The van der Waals surface area contributed by atoms with Gasteiger partial charge in [0.05, 0.1) is 18.0 Å². The van der Waals surface area contributed by atoms with Crippen molar-refractivity contribution in [3.8, 4) is 6.07 Å². The van der Waals surface area contributed by atoms with Crippen LogP contribution in [0.15, 0.2) is 40.3 Å². The second kappa shape index (κ2) is 7.28. The highest BCUT2D eigenvalue weighted by atomic mass is 16.5. The summed E-state index contributed by atoms with van der Waals surface area (Å²) in [6.45, 7) is 2.67. The molecule has 0 unspecified atom stereocenters. The summed E-state index contributed by atoms with van der Waals surface area (Å²) in [5, 5.41) is 13.1. The molecule has 4 aromatic heterocycles. The number of imidazole rings is 1. The number of nitriles is 1. The zero-order chi connectivity index (χ0) is 22.5. The number of ether oxygens (including phenoxy) is 1. The minimum absolute atomic E-state index is 0.207. The molecule has 11 nitrogen and oxygen atoms in total. The van der Waals surface area contributed by atoms with E-state index in [2.05, 4.69) is 26.3 Å². The first-order chi connectivity index (χ1) is 15.4. The molecule has 1 aliphatic heterocycles. The van der Waals surface area contributed by atoms with E-state index in [1.807, 2.05) is 6.92 Å². The minimum Gasteiger partial charge on any atom is -0.381 e. The van der Waals surface area contributed by atoms with Gasteiger partial charge in [-0.05, 0) is 18.6 Å². The van der Waals surface area contributed by atoms with E-state index in [9.17, 15) is 14.9 Å². The van der Waals surface area contributed by atoms with Gasteiger partial charge in [-0.3, -0.25) is 18.3 Å². The van der Waals surface area contributed by atoms with Gasteiger partial charge in [-0.2, -0.15) is 10.2 Å². The van der Waals surface area contributed by atoms with E-state index >= 15 is 0 Å². The molecule has 1 aliphatic rings. The fourth-order valence-corrected chi connectivity index (χ4v) is 4.07. The van der Waals surface area contributed by atoms with E-state index in [1.165, 1.54) is 25.8 Å². The second-order valence-corrected chi connectivity index (χ2v) is 7.84. The van der Waals surface area contributed by atoms with Crippen LogP contribution in [0.2, 0.25) is 0 Å². The van der Waals surface area contributed by atoms with Crippen molar-refractivity contribution in [2.75, 3.05) is 18.5 Å². The number of fused-ring (bicyclic) bond motifs is 2. The zero-order valence-electron chi connectivity index (χ0n) is 17.6. The quantitative estimate of drug-likeness (QED) is 0.511. The van der Waals surface area contributed by atoms with Crippen LogP contribution in [0.1, 0.15) is 18.4 Å². The third-order valence-electron chi connectivity index (χ3n) is 5.94. The molecule has 1 saturated heterocycles. The molecule has 0 amide bonds. The molecule has 0 aromatic carbocycles. The Labute approximate surface area is 181 Å². The Balaban J connectivity index is 1.65. The highest BCUT2D eigenvalue weighted by Gasteiger charge is 2.38. The van der Waals surface area contributed by atoms with Crippen LogP contribution in [0.25, 0.3) is 16.8 Å². The molecule has 0 radical (unpaired) electrons. The highest BCUT2D eigenvalue weighted by molar-refractivity contribution is 5.74. The van der Waals surface area contributed by atoms with Gasteiger partial charge in [0.1, 0.15) is 16.7 Å². The number of rotatable bonds is 3. The maximum atomic E-state index is 13.1. The van der Waals surface area contributed by atoms with E-state index in [0.717, 1.165) is 5.56 Å². The minimum atomic E-state index is -1.03. The summed E-state index contributed by atoms with van der Waals surface area (Å²) in [5.74, 6) is 0.247. The van der Waals surface area contributed by atoms with Crippen LogP contribution in [-0.4, -0.2) is 41.7 Å². The number of hydrogen-bond donors (Lipinski definition) is 1. The number of aromatic nitrogens is 6. The van der Waals surface area contributed by atoms with Crippen LogP contribution >= 0.6 is 0 Å². The lowest BCUT2D eigenvalue weighted by Gasteiger charge is -2.31. The number of pyridine rings is 1. The van der Waals surface area contributed by atoms with Gasteiger partial charge in [0.15, 0.2) is 5.65 Å². The number of nitrogens with one attached hydrogen (secondary N) is 1. The van der Waals surface area contributed by atoms with Crippen molar-refractivity contribution in [1.29, 1.82) is 5.26 Å². The maximum absolute atomic E-state index is 13.1. The molecule has 0 bridgehead atoms. The molecule has 1 N–H and O–H groups in total. The normalized spacial score (nSPS) is 15.7. The van der Waals surface area contributed by atoms with Crippen LogP contribution in [-0.2, 0) is 17.3 Å². The van der Waals surface area contributed by atoms with Gasteiger partial charge in [0.25, 0.3) is 5.56 Å². The van der Waals surface area contributed by atoms with Crippen LogP contribution in [0.3, 0.4) is 0 Å². The molecule has 162 valence electrons. The molecule has 0 atom stereocenters. The van der Waals surface area contributed by atoms with Gasteiger partial charge in [-0.25, -0.2) is 14.8 Å². The van der Waals surface area contributed by atoms with E-state index in [-0.39, 0.29) is 17.2 Å². The highest BCUT2D eigenvalue weighted by Crippen LogP contribution is 2.30. The van der Waals surface area contributed by atoms with Crippen molar-refractivity contribution in [3.05, 3.63) is 57.1 Å². The summed E-state index contributed by atoms with van der Waals surface area (Å²) in [5.41, 5.74) is 1.33. The SMILES string of the molecule is Cc1cc2nccc(=O)n2cc1Nc1ncc2c(n1)n(C1(C#N)CCOCC1)c(=O)n2C. The topological polar surface area (TPSA) is 132 Å². The molecule has 0 saturated carbocycles. The maximum Gasteiger partial charge on any atom is 0.331 e. The van der Waals surface area contributed by atoms with Gasteiger partial charge in [0, 0.05) is 51.6 Å². The lowest BCUT2D eigenvalue weighted by molar-refractivity contribution is 0.0448. The average molecular weight is 432 g/mol. The third-order valence-corrected chi connectivity index (χ3v) is 5.94. The lowest BCUT2D eigenvalue weighted by Crippen LogP contribution is -2.44. The van der Waals surface area contributed by atoms with Crippen molar-refractivity contribution in [1.82, 2.24) is 28.5 Å².